The molecule has 6 heteroatoms. The van der Waals surface area contributed by atoms with Gasteiger partial charge in [0, 0.05) is 26.4 Å². The topological polar surface area (TPSA) is 51.5 Å². The van der Waals surface area contributed by atoms with Crippen LogP contribution >= 0.6 is 11.3 Å². The Bertz CT molecular complexity index is 479. The molecule has 108 valence electrons. The first-order chi connectivity index (χ1) is 9.02. The summed E-state index contributed by atoms with van der Waals surface area (Å²) in [6.07, 6.45) is 2.02. The van der Waals surface area contributed by atoms with Crippen LogP contribution in [0.1, 0.15) is 35.1 Å². The number of rotatable bonds is 7. The summed E-state index contributed by atoms with van der Waals surface area (Å²) in [5.41, 5.74) is 0.736. The molecule has 1 aromatic rings. The van der Waals surface area contributed by atoms with E-state index in [1.54, 1.807) is 23.6 Å². The number of amides is 1. The normalized spacial score (nSPS) is 10.7. The predicted octanol–water partition coefficient (Wildman–Crippen LogP) is 1.74. The maximum atomic E-state index is 12.3. The van der Waals surface area contributed by atoms with Gasteiger partial charge in [0.1, 0.15) is 4.88 Å². The lowest BCUT2D eigenvalue weighted by atomic mass is 10.3. The van der Waals surface area contributed by atoms with Gasteiger partial charge in [-0.2, -0.15) is 0 Å². The molecule has 0 aliphatic carbocycles. The van der Waals surface area contributed by atoms with Crippen LogP contribution in [0.4, 0.5) is 0 Å². The van der Waals surface area contributed by atoms with E-state index in [-0.39, 0.29) is 10.8 Å². The molecule has 0 aliphatic heterocycles. The van der Waals surface area contributed by atoms with E-state index in [0.717, 1.165) is 36.4 Å². The number of hydrogen-bond donors (Lipinski definition) is 0. The lowest BCUT2D eigenvalue weighted by molar-refractivity contribution is 0.0796. The molecule has 0 saturated carbocycles. The Hall–Kier alpha value is -1.14. The molecule has 0 bridgehead atoms. The third-order valence-corrected chi connectivity index (χ3v) is 4.12. The van der Waals surface area contributed by atoms with Crippen molar-refractivity contribution < 1.29 is 9.53 Å². The minimum atomic E-state index is -0.0956. The van der Waals surface area contributed by atoms with Crippen molar-refractivity contribution in [3.05, 3.63) is 20.2 Å². The van der Waals surface area contributed by atoms with E-state index in [1.165, 1.54) is 0 Å². The second-order valence-corrected chi connectivity index (χ2v) is 5.47. The van der Waals surface area contributed by atoms with Crippen molar-refractivity contribution in [2.45, 2.75) is 33.2 Å². The van der Waals surface area contributed by atoms with E-state index >= 15 is 0 Å². The zero-order valence-corrected chi connectivity index (χ0v) is 12.9. The van der Waals surface area contributed by atoms with E-state index < -0.39 is 0 Å². The number of methoxy groups -OCH3 is 1. The number of carbonyl (C=O) groups excluding carboxylic acids is 1. The van der Waals surface area contributed by atoms with Crippen molar-refractivity contribution in [3.63, 3.8) is 0 Å². The molecular formula is C13H22N2O3S. The summed E-state index contributed by atoms with van der Waals surface area (Å²) >= 11 is 1.02. The highest BCUT2D eigenvalue weighted by molar-refractivity contribution is 7.11. The Morgan fingerprint density at radius 1 is 1.47 bits per heavy atom. The Morgan fingerprint density at radius 3 is 2.74 bits per heavy atom. The quantitative estimate of drug-likeness (QED) is 0.767. The summed E-state index contributed by atoms with van der Waals surface area (Å²) in [7, 11) is 3.37. The van der Waals surface area contributed by atoms with E-state index in [9.17, 15) is 9.59 Å². The molecule has 0 atom stereocenters. The largest absolute Gasteiger partial charge is 0.383 e. The maximum absolute atomic E-state index is 12.3. The highest BCUT2D eigenvalue weighted by Gasteiger charge is 2.20. The minimum Gasteiger partial charge on any atom is -0.383 e. The summed E-state index contributed by atoms with van der Waals surface area (Å²) in [4.78, 5) is 26.3. The second-order valence-electron chi connectivity index (χ2n) is 4.51. The molecule has 1 aromatic heterocycles. The van der Waals surface area contributed by atoms with Crippen LogP contribution in [0.15, 0.2) is 4.79 Å². The van der Waals surface area contributed by atoms with Crippen LogP contribution in [-0.4, -0.2) is 42.7 Å². The number of thiazole rings is 1. The van der Waals surface area contributed by atoms with Crippen LogP contribution in [0.25, 0.3) is 0 Å². The van der Waals surface area contributed by atoms with E-state index in [4.69, 9.17) is 4.74 Å². The molecule has 0 radical (unpaired) electrons. The number of ether oxygens (including phenoxy) is 1. The third kappa shape index (κ3) is 3.91. The van der Waals surface area contributed by atoms with Crippen LogP contribution in [0.3, 0.4) is 0 Å². The van der Waals surface area contributed by atoms with Gasteiger partial charge in [-0.25, -0.2) is 0 Å². The van der Waals surface area contributed by atoms with Gasteiger partial charge in [0.05, 0.1) is 13.2 Å². The van der Waals surface area contributed by atoms with E-state index in [1.807, 2.05) is 6.92 Å². The minimum absolute atomic E-state index is 0.0655. The molecule has 0 N–H and O–H groups in total. The monoisotopic (exact) mass is 286 g/mol. The molecule has 5 nitrogen and oxygen atoms in total. The summed E-state index contributed by atoms with van der Waals surface area (Å²) < 4.78 is 6.58. The van der Waals surface area contributed by atoms with Crippen LogP contribution in [0, 0.1) is 6.92 Å². The Kier molecular flexibility index (Phi) is 6.24. The molecule has 1 rings (SSSR count). The Labute approximate surface area is 117 Å². The summed E-state index contributed by atoms with van der Waals surface area (Å²) in [5, 5.41) is 0. The lowest BCUT2D eigenvalue weighted by Gasteiger charge is -2.16. The van der Waals surface area contributed by atoms with Gasteiger partial charge in [-0.3, -0.25) is 9.59 Å². The van der Waals surface area contributed by atoms with Crippen molar-refractivity contribution in [2.24, 2.45) is 0 Å². The smallest absolute Gasteiger partial charge is 0.308 e. The van der Waals surface area contributed by atoms with Gasteiger partial charge in [0.25, 0.3) is 5.91 Å². The molecule has 0 spiro atoms. The van der Waals surface area contributed by atoms with Crippen molar-refractivity contribution >= 4 is 17.2 Å². The van der Waals surface area contributed by atoms with Crippen LogP contribution in [-0.2, 0) is 11.3 Å². The van der Waals surface area contributed by atoms with Gasteiger partial charge < -0.3 is 14.2 Å². The molecule has 0 aromatic carbocycles. The number of unbranched alkanes of at least 4 members (excludes halogenated alkanes) is 1. The molecule has 0 unspecified atom stereocenters. The van der Waals surface area contributed by atoms with Crippen molar-refractivity contribution in [1.82, 2.24) is 9.47 Å². The van der Waals surface area contributed by atoms with Gasteiger partial charge in [-0.1, -0.05) is 24.7 Å². The van der Waals surface area contributed by atoms with Crippen molar-refractivity contribution in [1.29, 1.82) is 0 Å². The number of aromatic nitrogens is 1. The number of carbonyl (C=O) groups is 1. The molecule has 1 amide bonds. The highest BCUT2D eigenvalue weighted by Crippen LogP contribution is 2.14. The average molecular weight is 286 g/mol. The fourth-order valence-electron chi connectivity index (χ4n) is 1.79. The third-order valence-electron chi connectivity index (χ3n) is 3.05. The second kappa shape index (κ2) is 7.45. The molecule has 0 fully saturated rings. The van der Waals surface area contributed by atoms with Gasteiger partial charge in [-0.15, -0.1) is 0 Å². The molecule has 19 heavy (non-hydrogen) atoms. The Morgan fingerprint density at radius 2 is 2.16 bits per heavy atom. The number of hydrogen-bond acceptors (Lipinski definition) is 4. The summed E-state index contributed by atoms with van der Waals surface area (Å²) in [6.45, 7) is 5.58. The predicted molar refractivity (Wildman–Crippen MR) is 77.1 cm³/mol. The van der Waals surface area contributed by atoms with Crippen LogP contribution in [0.2, 0.25) is 0 Å². The molecule has 0 aliphatic rings. The highest BCUT2D eigenvalue weighted by atomic mass is 32.1. The van der Waals surface area contributed by atoms with Gasteiger partial charge in [-0.05, 0) is 13.3 Å². The SMILES string of the molecule is CCCCN(C)C(=O)c1sc(=O)n(CCOC)c1C. The first-order valence-corrected chi connectivity index (χ1v) is 7.29. The first-order valence-electron chi connectivity index (χ1n) is 6.47. The summed E-state index contributed by atoms with van der Waals surface area (Å²) in [5.74, 6) is -0.0655. The molecule has 0 saturated heterocycles. The average Bonchev–Trinajstić information content (AvgIpc) is 2.68. The Balaban J connectivity index is 2.89. The van der Waals surface area contributed by atoms with Gasteiger partial charge in [0.15, 0.2) is 0 Å². The fourth-order valence-corrected chi connectivity index (χ4v) is 2.80. The molecule has 1 heterocycles. The zero-order chi connectivity index (χ0) is 14.4. The van der Waals surface area contributed by atoms with Crippen molar-refractivity contribution in [2.75, 3.05) is 27.3 Å². The first kappa shape index (κ1) is 15.9. The standard InChI is InChI=1S/C13H22N2O3S/c1-5-6-7-14(3)12(16)11-10(2)15(8-9-18-4)13(17)19-11/h5-9H2,1-4H3. The van der Waals surface area contributed by atoms with Crippen LogP contribution < -0.4 is 4.87 Å². The van der Waals surface area contributed by atoms with Gasteiger partial charge >= 0.3 is 4.87 Å². The molecular weight excluding hydrogens is 264 g/mol. The van der Waals surface area contributed by atoms with E-state index in [2.05, 4.69) is 6.92 Å². The van der Waals surface area contributed by atoms with E-state index in [0.29, 0.717) is 18.0 Å². The van der Waals surface area contributed by atoms with Crippen LogP contribution in [0.5, 0.6) is 0 Å². The zero-order valence-electron chi connectivity index (χ0n) is 12.1. The summed E-state index contributed by atoms with van der Waals surface area (Å²) in [6, 6.07) is 0. The number of nitrogens with zero attached hydrogens (tertiary/aromatic N) is 2. The van der Waals surface area contributed by atoms with Crippen molar-refractivity contribution in [3.8, 4) is 0 Å². The maximum Gasteiger partial charge on any atom is 0.308 e. The fraction of sp³-hybridized carbons (Fsp3) is 0.692. The van der Waals surface area contributed by atoms with Gasteiger partial charge in [0.2, 0.25) is 0 Å². The lowest BCUT2D eigenvalue weighted by Crippen LogP contribution is -2.27.